The van der Waals surface area contributed by atoms with Crippen LogP contribution in [0.3, 0.4) is 0 Å². The fourth-order valence-corrected chi connectivity index (χ4v) is 3.56. The maximum atomic E-state index is 14.0. The maximum Gasteiger partial charge on any atom is 0.409 e. The first-order chi connectivity index (χ1) is 15.5. The lowest BCUT2D eigenvalue weighted by atomic mass is 9.92. The molecule has 0 saturated carbocycles. The highest BCUT2D eigenvalue weighted by atomic mass is 19.4. The topological polar surface area (TPSA) is 32.7 Å². The second-order valence-electron chi connectivity index (χ2n) is 7.26. The van der Waals surface area contributed by atoms with Crippen LogP contribution in [0.25, 0.3) is 0 Å². The van der Waals surface area contributed by atoms with Crippen molar-refractivity contribution in [2.45, 2.75) is 18.6 Å². The average Bonchev–Trinajstić information content (AvgIpc) is 2.76. The Labute approximate surface area is 182 Å². The molecule has 0 bridgehead atoms. The lowest BCUT2D eigenvalue weighted by molar-refractivity contribution is -0.146. The van der Waals surface area contributed by atoms with Crippen LogP contribution in [0.15, 0.2) is 65.7 Å². The van der Waals surface area contributed by atoms with Crippen molar-refractivity contribution < 1.29 is 35.5 Å². The molecule has 1 unspecified atom stereocenters. The Hall–Kier alpha value is -3.69. The minimum atomic E-state index is -4.94. The van der Waals surface area contributed by atoms with E-state index in [-0.39, 0.29) is 22.6 Å². The number of carbonyl (C=O) groups is 1. The van der Waals surface area contributed by atoms with Crippen LogP contribution >= 0.6 is 0 Å². The number of carbonyl (C=O) groups excluding carboxylic acids is 1. The van der Waals surface area contributed by atoms with Crippen molar-refractivity contribution in [2.24, 2.45) is 4.99 Å². The molecule has 170 valence electrons. The summed E-state index contributed by atoms with van der Waals surface area (Å²) in [7, 11) is 0. The zero-order valence-corrected chi connectivity index (χ0v) is 16.5. The molecule has 0 saturated heterocycles. The van der Waals surface area contributed by atoms with E-state index in [1.54, 1.807) is 0 Å². The Morgan fingerprint density at radius 1 is 0.848 bits per heavy atom. The van der Waals surface area contributed by atoms with Crippen molar-refractivity contribution in [3.8, 4) is 0 Å². The highest BCUT2D eigenvalue weighted by Crippen LogP contribution is 2.40. The zero-order valence-electron chi connectivity index (χ0n) is 16.5. The first-order valence-electron chi connectivity index (χ1n) is 9.53. The molecule has 3 aromatic carbocycles. The molecule has 33 heavy (non-hydrogen) atoms. The number of hydrogen-bond acceptors (Lipinski definition) is 2. The lowest BCUT2D eigenvalue weighted by Gasteiger charge is -2.38. The molecule has 0 aromatic heterocycles. The molecule has 1 aliphatic heterocycles. The van der Waals surface area contributed by atoms with Crippen LogP contribution < -0.4 is 4.90 Å². The van der Waals surface area contributed by atoms with Gasteiger partial charge in [-0.25, -0.2) is 17.6 Å². The third-order valence-electron chi connectivity index (χ3n) is 5.08. The van der Waals surface area contributed by atoms with Gasteiger partial charge in [0.05, 0.1) is 17.1 Å². The SMILES string of the molecule is O=C(c1ccc(F)c(F)c1)N1c2ccc(F)cc2C(=Nc2ccc(F)cc2)CC1C(F)(F)F. The molecule has 1 amide bonds. The van der Waals surface area contributed by atoms with E-state index in [1.807, 2.05) is 0 Å². The third kappa shape index (κ3) is 4.46. The van der Waals surface area contributed by atoms with Crippen LogP contribution in [0, 0.1) is 23.3 Å². The Morgan fingerprint density at radius 2 is 1.52 bits per heavy atom. The zero-order chi connectivity index (χ0) is 23.9. The number of alkyl halides is 3. The minimum Gasteiger partial charge on any atom is -0.295 e. The van der Waals surface area contributed by atoms with Gasteiger partial charge in [-0.1, -0.05) is 0 Å². The number of rotatable bonds is 2. The van der Waals surface area contributed by atoms with Crippen LogP contribution in [0.2, 0.25) is 0 Å². The predicted octanol–water partition coefficient (Wildman–Crippen LogP) is 6.35. The number of amides is 1. The number of aliphatic imine (C=N–C) groups is 1. The lowest BCUT2D eigenvalue weighted by Crippen LogP contribution is -2.53. The Balaban J connectivity index is 1.88. The number of fused-ring (bicyclic) bond motifs is 1. The monoisotopic (exact) mass is 466 g/mol. The van der Waals surface area contributed by atoms with E-state index >= 15 is 0 Å². The van der Waals surface area contributed by atoms with Crippen molar-refractivity contribution in [3.63, 3.8) is 0 Å². The fraction of sp³-hybridized carbons (Fsp3) is 0.130. The summed E-state index contributed by atoms with van der Waals surface area (Å²) in [6.07, 6.45) is -5.78. The van der Waals surface area contributed by atoms with E-state index in [0.29, 0.717) is 17.0 Å². The summed E-state index contributed by atoms with van der Waals surface area (Å²) in [5.74, 6) is -5.28. The van der Waals surface area contributed by atoms with E-state index in [9.17, 15) is 35.5 Å². The molecule has 0 fully saturated rings. The molecular weight excluding hydrogens is 453 g/mol. The van der Waals surface area contributed by atoms with Gasteiger partial charge in [0.25, 0.3) is 5.91 Å². The van der Waals surface area contributed by atoms with Gasteiger partial charge in [-0.2, -0.15) is 13.2 Å². The summed E-state index contributed by atoms with van der Waals surface area (Å²) in [6.45, 7) is 0. The first-order valence-corrected chi connectivity index (χ1v) is 9.53. The minimum absolute atomic E-state index is 0.0873. The van der Waals surface area contributed by atoms with Crippen LogP contribution in [0.5, 0.6) is 0 Å². The number of hydrogen-bond donors (Lipinski definition) is 0. The van der Waals surface area contributed by atoms with Gasteiger partial charge in [0.2, 0.25) is 0 Å². The fourth-order valence-electron chi connectivity index (χ4n) is 3.56. The highest BCUT2D eigenvalue weighted by molar-refractivity contribution is 6.16. The molecule has 3 aromatic rings. The molecule has 0 aliphatic carbocycles. The Kier molecular flexibility index (Phi) is 5.69. The summed E-state index contributed by atoms with van der Waals surface area (Å²) in [4.78, 5) is 17.5. The number of halogens is 7. The quantitative estimate of drug-likeness (QED) is 0.406. The second-order valence-corrected chi connectivity index (χ2v) is 7.26. The summed E-state index contributed by atoms with van der Waals surface area (Å²) in [5.41, 5.74) is -0.954. The summed E-state index contributed by atoms with van der Waals surface area (Å²) < 4.78 is 96.3. The molecule has 4 rings (SSSR count). The Morgan fingerprint density at radius 3 is 2.15 bits per heavy atom. The van der Waals surface area contributed by atoms with Crippen LogP contribution in [0.4, 0.5) is 42.1 Å². The van der Waals surface area contributed by atoms with Gasteiger partial charge in [0.1, 0.15) is 17.7 Å². The van der Waals surface area contributed by atoms with Gasteiger partial charge in [-0.3, -0.25) is 14.7 Å². The summed E-state index contributed by atoms with van der Waals surface area (Å²) in [6, 6.07) is 6.96. The summed E-state index contributed by atoms with van der Waals surface area (Å²) in [5, 5.41) is 0. The second kappa shape index (κ2) is 8.34. The first kappa shape index (κ1) is 22.5. The van der Waals surface area contributed by atoms with Crippen LogP contribution in [0.1, 0.15) is 22.3 Å². The largest absolute Gasteiger partial charge is 0.409 e. The van der Waals surface area contributed by atoms with Crippen LogP contribution in [-0.4, -0.2) is 23.8 Å². The van der Waals surface area contributed by atoms with E-state index in [1.165, 1.54) is 12.1 Å². The van der Waals surface area contributed by atoms with Crippen molar-refractivity contribution in [3.05, 3.63) is 95.1 Å². The van der Waals surface area contributed by atoms with Crippen molar-refractivity contribution in [1.29, 1.82) is 0 Å². The molecule has 1 heterocycles. The van der Waals surface area contributed by atoms with Crippen molar-refractivity contribution in [2.75, 3.05) is 4.90 Å². The van der Waals surface area contributed by atoms with E-state index < -0.39 is 53.4 Å². The number of nitrogens with zero attached hydrogens (tertiary/aromatic N) is 2. The van der Waals surface area contributed by atoms with Gasteiger partial charge in [0, 0.05) is 17.5 Å². The molecular formula is C23H13F7N2O. The molecule has 1 atom stereocenters. The van der Waals surface area contributed by atoms with Gasteiger partial charge in [-0.15, -0.1) is 0 Å². The summed E-state index contributed by atoms with van der Waals surface area (Å²) >= 11 is 0. The molecule has 0 N–H and O–H groups in total. The van der Waals surface area contributed by atoms with Crippen LogP contribution in [-0.2, 0) is 0 Å². The predicted molar refractivity (Wildman–Crippen MR) is 107 cm³/mol. The molecule has 0 radical (unpaired) electrons. The van der Waals surface area contributed by atoms with Crippen molar-refractivity contribution in [1.82, 2.24) is 0 Å². The Bertz CT molecular complexity index is 1250. The molecule has 0 spiro atoms. The van der Waals surface area contributed by atoms with Gasteiger partial charge < -0.3 is 0 Å². The van der Waals surface area contributed by atoms with Gasteiger partial charge in [-0.05, 0) is 60.7 Å². The van der Waals surface area contributed by atoms with Crippen molar-refractivity contribution >= 4 is 23.0 Å². The van der Waals surface area contributed by atoms with Gasteiger partial charge in [0.15, 0.2) is 11.6 Å². The highest BCUT2D eigenvalue weighted by Gasteiger charge is 2.50. The third-order valence-corrected chi connectivity index (χ3v) is 5.08. The van der Waals surface area contributed by atoms with E-state index in [0.717, 1.165) is 36.4 Å². The molecule has 10 heteroatoms. The number of anilines is 1. The average molecular weight is 466 g/mol. The smallest absolute Gasteiger partial charge is 0.295 e. The van der Waals surface area contributed by atoms with E-state index in [2.05, 4.69) is 4.99 Å². The van der Waals surface area contributed by atoms with Gasteiger partial charge >= 0.3 is 6.18 Å². The standard InChI is InChI=1S/C23H13F7N2O/c24-13-2-5-15(6-3-13)31-19-11-21(23(28,29)30)32(20-8-4-14(25)10-16(19)20)22(33)12-1-7-17(26)18(27)9-12/h1-10,21H,11H2. The normalized spacial score (nSPS) is 17.2. The number of benzene rings is 3. The molecule has 1 aliphatic rings. The van der Waals surface area contributed by atoms with E-state index in [4.69, 9.17) is 0 Å². The maximum absolute atomic E-state index is 14.0. The molecule has 3 nitrogen and oxygen atoms in total.